The zero-order chi connectivity index (χ0) is 9.42. The standard InChI is InChI=1S/C7H3ClN2O3/c8-6-5-3(9-2-10-6)1-4(13-5)7(11)12/h1-2H,(H,11,12). The second kappa shape index (κ2) is 2.70. The number of rotatable bonds is 1. The maximum Gasteiger partial charge on any atom is 0.371 e. The Kier molecular flexibility index (Phi) is 1.66. The first-order valence-corrected chi connectivity index (χ1v) is 3.69. The highest BCUT2D eigenvalue weighted by Crippen LogP contribution is 2.22. The number of carbonyl (C=O) groups is 1. The molecule has 0 aromatic carbocycles. The minimum absolute atomic E-state index is 0.109. The normalized spacial score (nSPS) is 10.5. The third-order valence-corrected chi connectivity index (χ3v) is 1.75. The lowest BCUT2D eigenvalue weighted by atomic mass is 10.4. The van der Waals surface area contributed by atoms with E-state index in [-0.39, 0.29) is 16.5 Å². The van der Waals surface area contributed by atoms with Crippen molar-refractivity contribution in [2.24, 2.45) is 0 Å². The van der Waals surface area contributed by atoms with Crippen molar-refractivity contribution in [1.82, 2.24) is 9.97 Å². The molecule has 2 heterocycles. The number of carboxylic acid groups (broad SMARTS) is 1. The average Bonchev–Trinajstić information content (AvgIpc) is 2.49. The van der Waals surface area contributed by atoms with E-state index in [0.29, 0.717) is 5.52 Å². The summed E-state index contributed by atoms with van der Waals surface area (Å²) >= 11 is 5.64. The molecule has 0 radical (unpaired) electrons. The Balaban J connectivity index is 2.75. The second-order valence-electron chi connectivity index (χ2n) is 2.29. The van der Waals surface area contributed by atoms with Gasteiger partial charge in [-0.1, -0.05) is 11.6 Å². The maximum absolute atomic E-state index is 10.5. The fourth-order valence-corrected chi connectivity index (χ4v) is 1.11. The topological polar surface area (TPSA) is 76.2 Å². The van der Waals surface area contributed by atoms with E-state index in [1.165, 1.54) is 12.4 Å². The van der Waals surface area contributed by atoms with Crippen molar-refractivity contribution < 1.29 is 14.3 Å². The van der Waals surface area contributed by atoms with Crippen LogP contribution in [0, 0.1) is 0 Å². The lowest BCUT2D eigenvalue weighted by Gasteiger charge is -1.87. The van der Waals surface area contributed by atoms with Gasteiger partial charge in [-0.25, -0.2) is 14.8 Å². The van der Waals surface area contributed by atoms with Crippen LogP contribution < -0.4 is 0 Å². The van der Waals surface area contributed by atoms with Crippen LogP contribution in [-0.4, -0.2) is 21.0 Å². The summed E-state index contributed by atoms with van der Waals surface area (Å²) in [6, 6.07) is 1.30. The molecule has 0 bridgehead atoms. The summed E-state index contributed by atoms with van der Waals surface area (Å²) in [6.45, 7) is 0. The number of furan rings is 1. The quantitative estimate of drug-likeness (QED) is 0.704. The minimum Gasteiger partial charge on any atom is -0.475 e. The first-order valence-electron chi connectivity index (χ1n) is 3.32. The third kappa shape index (κ3) is 1.23. The van der Waals surface area contributed by atoms with Crippen molar-refractivity contribution in [2.75, 3.05) is 0 Å². The molecule has 6 heteroatoms. The SMILES string of the molecule is O=C(O)c1cc2ncnc(Cl)c2o1. The highest BCUT2D eigenvalue weighted by Gasteiger charge is 2.13. The molecule has 0 spiro atoms. The number of aromatic nitrogens is 2. The molecular weight excluding hydrogens is 196 g/mol. The van der Waals surface area contributed by atoms with Crippen LogP contribution in [0.1, 0.15) is 10.6 Å². The zero-order valence-corrected chi connectivity index (χ0v) is 6.95. The van der Waals surface area contributed by atoms with Gasteiger partial charge in [0.1, 0.15) is 11.8 Å². The van der Waals surface area contributed by atoms with E-state index in [2.05, 4.69) is 9.97 Å². The minimum atomic E-state index is -1.16. The van der Waals surface area contributed by atoms with Crippen molar-refractivity contribution >= 4 is 28.7 Å². The molecule has 5 nitrogen and oxygen atoms in total. The first-order chi connectivity index (χ1) is 6.18. The fraction of sp³-hybridized carbons (Fsp3) is 0. The Morgan fingerprint density at radius 3 is 2.92 bits per heavy atom. The fourth-order valence-electron chi connectivity index (χ4n) is 0.931. The molecular formula is C7H3ClN2O3. The summed E-state index contributed by atoms with van der Waals surface area (Å²) in [5.41, 5.74) is 0.582. The van der Waals surface area contributed by atoms with Crippen molar-refractivity contribution in [3.8, 4) is 0 Å². The highest BCUT2D eigenvalue weighted by atomic mass is 35.5. The smallest absolute Gasteiger partial charge is 0.371 e. The molecule has 2 rings (SSSR count). The number of halogens is 1. The van der Waals surface area contributed by atoms with Gasteiger partial charge in [0.15, 0.2) is 10.7 Å². The van der Waals surface area contributed by atoms with Gasteiger partial charge < -0.3 is 9.52 Å². The van der Waals surface area contributed by atoms with Gasteiger partial charge in [0, 0.05) is 6.07 Å². The van der Waals surface area contributed by atoms with Gasteiger partial charge in [0.25, 0.3) is 0 Å². The van der Waals surface area contributed by atoms with Gasteiger partial charge in [-0.2, -0.15) is 0 Å². The summed E-state index contributed by atoms with van der Waals surface area (Å²) in [4.78, 5) is 17.9. The van der Waals surface area contributed by atoms with Crippen LogP contribution in [0.25, 0.3) is 11.1 Å². The van der Waals surface area contributed by atoms with Crippen LogP contribution >= 0.6 is 11.6 Å². The van der Waals surface area contributed by atoms with E-state index in [0.717, 1.165) is 0 Å². The number of hydrogen-bond donors (Lipinski definition) is 1. The Morgan fingerprint density at radius 1 is 1.54 bits per heavy atom. The number of hydrogen-bond acceptors (Lipinski definition) is 4. The van der Waals surface area contributed by atoms with Gasteiger partial charge in [-0.15, -0.1) is 0 Å². The van der Waals surface area contributed by atoms with E-state index in [1.807, 2.05) is 0 Å². The molecule has 0 amide bonds. The molecule has 0 fully saturated rings. The number of aromatic carboxylic acids is 1. The van der Waals surface area contributed by atoms with E-state index in [9.17, 15) is 4.79 Å². The molecule has 0 aliphatic heterocycles. The van der Waals surface area contributed by atoms with Crippen LogP contribution in [-0.2, 0) is 0 Å². The molecule has 0 saturated carbocycles. The van der Waals surface area contributed by atoms with E-state index in [1.54, 1.807) is 0 Å². The van der Waals surface area contributed by atoms with Gasteiger partial charge in [0.2, 0.25) is 5.76 Å². The van der Waals surface area contributed by atoms with Crippen molar-refractivity contribution in [1.29, 1.82) is 0 Å². The van der Waals surface area contributed by atoms with Crippen LogP contribution in [0.15, 0.2) is 16.8 Å². The van der Waals surface area contributed by atoms with Gasteiger partial charge in [-0.05, 0) is 0 Å². The number of fused-ring (bicyclic) bond motifs is 1. The third-order valence-electron chi connectivity index (χ3n) is 1.48. The Hall–Kier alpha value is -1.62. The van der Waals surface area contributed by atoms with Crippen molar-refractivity contribution in [3.05, 3.63) is 23.3 Å². The van der Waals surface area contributed by atoms with Crippen LogP contribution in [0.4, 0.5) is 0 Å². The molecule has 13 heavy (non-hydrogen) atoms. The zero-order valence-electron chi connectivity index (χ0n) is 6.19. The average molecular weight is 199 g/mol. The van der Waals surface area contributed by atoms with Crippen molar-refractivity contribution in [2.45, 2.75) is 0 Å². The van der Waals surface area contributed by atoms with Crippen LogP contribution in [0.3, 0.4) is 0 Å². The monoisotopic (exact) mass is 198 g/mol. The number of nitrogens with zero attached hydrogens (tertiary/aromatic N) is 2. The molecule has 2 aromatic rings. The summed E-state index contributed by atoms with van der Waals surface area (Å²) in [5, 5.41) is 8.70. The predicted octanol–water partition coefficient (Wildman–Crippen LogP) is 1.57. The Bertz CT molecular complexity index is 480. The molecule has 0 atom stereocenters. The lowest BCUT2D eigenvalue weighted by Crippen LogP contribution is -1.91. The Morgan fingerprint density at radius 2 is 2.31 bits per heavy atom. The molecule has 2 aromatic heterocycles. The molecule has 0 saturated heterocycles. The summed E-state index contributed by atoms with van der Waals surface area (Å²) in [5.74, 6) is -1.36. The molecule has 0 unspecified atom stereocenters. The molecule has 1 N–H and O–H groups in total. The van der Waals surface area contributed by atoms with Gasteiger partial charge in [0.05, 0.1) is 0 Å². The van der Waals surface area contributed by atoms with E-state index < -0.39 is 5.97 Å². The summed E-state index contributed by atoms with van der Waals surface area (Å²) < 4.78 is 4.90. The molecule has 0 aliphatic rings. The Labute approximate surface area is 77.0 Å². The molecule has 0 aliphatic carbocycles. The largest absolute Gasteiger partial charge is 0.475 e. The van der Waals surface area contributed by atoms with E-state index in [4.69, 9.17) is 21.1 Å². The number of carboxylic acids is 1. The first kappa shape index (κ1) is 8.00. The van der Waals surface area contributed by atoms with E-state index >= 15 is 0 Å². The van der Waals surface area contributed by atoms with Crippen LogP contribution in [0.2, 0.25) is 5.15 Å². The van der Waals surface area contributed by atoms with Crippen molar-refractivity contribution in [3.63, 3.8) is 0 Å². The highest BCUT2D eigenvalue weighted by molar-refractivity contribution is 6.33. The maximum atomic E-state index is 10.5. The van der Waals surface area contributed by atoms with Gasteiger partial charge in [-0.3, -0.25) is 0 Å². The summed E-state index contributed by atoms with van der Waals surface area (Å²) in [6.07, 6.45) is 1.24. The molecule has 66 valence electrons. The van der Waals surface area contributed by atoms with Gasteiger partial charge >= 0.3 is 5.97 Å². The predicted molar refractivity (Wildman–Crippen MR) is 43.8 cm³/mol. The van der Waals surface area contributed by atoms with Crippen LogP contribution in [0.5, 0.6) is 0 Å². The lowest BCUT2D eigenvalue weighted by molar-refractivity contribution is 0.0665. The summed E-state index contributed by atoms with van der Waals surface area (Å²) in [7, 11) is 0. The second-order valence-corrected chi connectivity index (χ2v) is 2.65.